The van der Waals surface area contributed by atoms with E-state index in [0.29, 0.717) is 17.5 Å². The average Bonchev–Trinajstić information content (AvgIpc) is 2.68. The van der Waals surface area contributed by atoms with E-state index in [1.165, 1.54) is 31.2 Å². The van der Waals surface area contributed by atoms with Crippen molar-refractivity contribution in [1.82, 2.24) is 5.32 Å². The molecule has 0 heterocycles. The summed E-state index contributed by atoms with van der Waals surface area (Å²) in [6.45, 7) is 9.46. The van der Waals surface area contributed by atoms with Crippen molar-refractivity contribution >= 4 is 0 Å². The van der Waals surface area contributed by atoms with Crippen molar-refractivity contribution in [3.63, 3.8) is 0 Å². The van der Waals surface area contributed by atoms with Gasteiger partial charge in [0.05, 0.1) is 0 Å². The molecule has 0 bridgehead atoms. The standard InChI is InChI=1S/C18H29N/c1-14(2)13-16(15-9-6-5-7-10-15)19-17-11-8-12-18(17,3)4/h5-7,9-10,14,16-17,19H,8,11-13H2,1-4H3. The van der Waals surface area contributed by atoms with Crippen molar-refractivity contribution in [3.05, 3.63) is 35.9 Å². The van der Waals surface area contributed by atoms with E-state index in [9.17, 15) is 0 Å². The zero-order chi connectivity index (χ0) is 13.9. The van der Waals surface area contributed by atoms with Gasteiger partial charge in [-0.3, -0.25) is 0 Å². The lowest BCUT2D eigenvalue weighted by Gasteiger charge is -2.33. The second-order valence-corrected chi connectivity index (χ2v) is 7.19. The minimum Gasteiger partial charge on any atom is -0.307 e. The molecular weight excluding hydrogens is 230 g/mol. The van der Waals surface area contributed by atoms with Crippen LogP contribution in [0.1, 0.15) is 65.0 Å². The Kier molecular flexibility index (Phi) is 4.67. The third kappa shape index (κ3) is 3.82. The van der Waals surface area contributed by atoms with Gasteiger partial charge in [0.25, 0.3) is 0 Å². The van der Waals surface area contributed by atoms with Gasteiger partial charge in [-0.05, 0) is 36.2 Å². The number of hydrogen-bond acceptors (Lipinski definition) is 1. The van der Waals surface area contributed by atoms with E-state index in [1.54, 1.807) is 0 Å². The maximum atomic E-state index is 3.95. The lowest BCUT2D eigenvalue weighted by molar-refractivity contribution is 0.249. The van der Waals surface area contributed by atoms with E-state index in [-0.39, 0.29) is 0 Å². The van der Waals surface area contributed by atoms with E-state index in [2.05, 4.69) is 63.3 Å². The molecule has 1 saturated carbocycles. The third-order valence-corrected chi connectivity index (χ3v) is 4.57. The normalized spacial score (nSPS) is 23.7. The molecule has 1 heteroatoms. The van der Waals surface area contributed by atoms with E-state index >= 15 is 0 Å². The monoisotopic (exact) mass is 259 g/mol. The molecule has 1 aromatic carbocycles. The Balaban J connectivity index is 2.10. The van der Waals surface area contributed by atoms with E-state index < -0.39 is 0 Å². The van der Waals surface area contributed by atoms with Crippen molar-refractivity contribution in [2.24, 2.45) is 11.3 Å². The molecule has 0 aromatic heterocycles. The third-order valence-electron chi connectivity index (χ3n) is 4.57. The van der Waals surface area contributed by atoms with Gasteiger partial charge < -0.3 is 5.32 Å². The first-order valence-electron chi connectivity index (χ1n) is 7.80. The molecule has 1 fully saturated rings. The Morgan fingerprint density at radius 1 is 1.21 bits per heavy atom. The Labute approximate surface area is 118 Å². The average molecular weight is 259 g/mol. The quantitative estimate of drug-likeness (QED) is 0.789. The Morgan fingerprint density at radius 3 is 2.42 bits per heavy atom. The maximum Gasteiger partial charge on any atom is 0.0325 e. The highest BCUT2D eigenvalue weighted by molar-refractivity contribution is 5.19. The van der Waals surface area contributed by atoms with Crippen LogP contribution in [-0.2, 0) is 0 Å². The van der Waals surface area contributed by atoms with Gasteiger partial charge in [0.1, 0.15) is 0 Å². The molecule has 0 saturated heterocycles. The fraction of sp³-hybridized carbons (Fsp3) is 0.667. The number of benzene rings is 1. The largest absolute Gasteiger partial charge is 0.307 e. The number of rotatable bonds is 5. The number of hydrogen-bond donors (Lipinski definition) is 1. The fourth-order valence-electron chi connectivity index (χ4n) is 3.34. The number of nitrogens with one attached hydrogen (secondary N) is 1. The van der Waals surface area contributed by atoms with Crippen LogP contribution >= 0.6 is 0 Å². The van der Waals surface area contributed by atoms with Gasteiger partial charge >= 0.3 is 0 Å². The highest BCUT2D eigenvalue weighted by Gasteiger charge is 2.35. The molecule has 1 aliphatic carbocycles. The molecule has 19 heavy (non-hydrogen) atoms. The molecular formula is C18H29N. The summed E-state index contributed by atoms with van der Waals surface area (Å²) in [6.07, 6.45) is 5.27. The molecule has 1 nitrogen and oxygen atoms in total. The van der Waals surface area contributed by atoms with Gasteiger partial charge in [0.15, 0.2) is 0 Å². The molecule has 1 aliphatic rings. The van der Waals surface area contributed by atoms with E-state index in [4.69, 9.17) is 0 Å². The summed E-state index contributed by atoms with van der Waals surface area (Å²) in [5, 5.41) is 3.95. The molecule has 1 N–H and O–H groups in total. The first-order chi connectivity index (χ1) is 8.99. The first kappa shape index (κ1) is 14.6. The fourth-order valence-corrected chi connectivity index (χ4v) is 3.34. The van der Waals surface area contributed by atoms with Crippen molar-refractivity contribution in [2.75, 3.05) is 0 Å². The Hall–Kier alpha value is -0.820. The predicted molar refractivity (Wildman–Crippen MR) is 83.2 cm³/mol. The topological polar surface area (TPSA) is 12.0 Å². The summed E-state index contributed by atoms with van der Waals surface area (Å²) in [7, 11) is 0. The first-order valence-corrected chi connectivity index (χ1v) is 7.80. The molecule has 0 radical (unpaired) electrons. The molecule has 2 unspecified atom stereocenters. The van der Waals surface area contributed by atoms with Crippen LogP contribution in [0.4, 0.5) is 0 Å². The molecule has 0 spiro atoms. The van der Waals surface area contributed by atoms with Crippen LogP contribution < -0.4 is 5.32 Å². The Bertz CT molecular complexity index is 380. The van der Waals surface area contributed by atoms with Crippen LogP contribution in [0.25, 0.3) is 0 Å². The summed E-state index contributed by atoms with van der Waals surface area (Å²) < 4.78 is 0. The predicted octanol–water partition coefficient (Wildman–Crippen LogP) is 4.94. The van der Waals surface area contributed by atoms with Crippen LogP contribution in [0, 0.1) is 11.3 Å². The van der Waals surface area contributed by atoms with Crippen LogP contribution in [-0.4, -0.2) is 6.04 Å². The van der Waals surface area contributed by atoms with Crippen LogP contribution in [0.2, 0.25) is 0 Å². The van der Waals surface area contributed by atoms with Crippen molar-refractivity contribution < 1.29 is 0 Å². The zero-order valence-corrected chi connectivity index (χ0v) is 12.9. The summed E-state index contributed by atoms with van der Waals surface area (Å²) >= 11 is 0. The van der Waals surface area contributed by atoms with Crippen molar-refractivity contribution in [2.45, 2.75) is 65.5 Å². The SMILES string of the molecule is CC(C)CC(NC1CCCC1(C)C)c1ccccc1. The van der Waals surface area contributed by atoms with Crippen LogP contribution in [0.3, 0.4) is 0 Å². The molecule has 2 atom stereocenters. The summed E-state index contributed by atoms with van der Waals surface area (Å²) in [6, 6.07) is 12.1. The zero-order valence-electron chi connectivity index (χ0n) is 12.9. The molecule has 1 aromatic rings. The van der Waals surface area contributed by atoms with Gasteiger partial charge in [-0.15, -0.1) is 0 Å². The van der Waals surface area contributed by atoms with Gasteiger partial charge in [0.2, 0.25) is 0 Å². The molecule has 2 rings (SSSR count). The highest BCUT2D eigenvalue weighted by Crippen LogP contribution is 2.39. The smallest absolute Gasteiger partial charge is 0.0325 e. The summed E-state index contributed by atoms with van der Waals surface area (Å²) in [5.41, 5.74) is 1.89. The molecule has 0 aliphatic heterocycles. The Morgan fingerprint density at radius 2 is 1.89 bits per heavy atom. The van der Waals surface area contributed by atoms with Gasteiger partial charge in [-0.25, -0.2) is 0 Å². The lowest BCUT2D eigenvalue weighted by Crippen LogP contribution is -2.40. The molecule has 106 valence electrons. The van der Waals surface area contributed by atoms with Crippen LogP contribution in [0.5, 0.6) is 0 Å². The second kappa shape index (κ2) is 6.09. The van der Waals surface area contributed by atoms with Gasteiger partial charge in [-0.2, -0.15) is 0 Å². The van der Waals surface area contributed by atoms with Gasteiger partial charge in [0, 0.05) is 12.1 Å². The summed E-state index contributed by atoms with van der Waals surface area (Å²) in [4.78, 5) is 0. The maximum absolute atomic E-state index is 3.95. The van der Waals surface area contributed by atoms with Crippen molar-refractivity contribution in [1.29, 1.82) is 0 Å². The minimum absolute atomic E-state index is 0.448. The summed E-state index contributed by atoms with van der Waals surface area (Å²) in [5.74, 6) is 0.724. The van der Waals surface area contributed by atoms with Crippen LogP contribution in [0.15, 0.2) is 30.3 Å². The van der Waals surface area contributed by atoms with E-state index in [0.717, 1.165) is 5.92 Å². The minimum atomic E-state index is 0.448. The van der Waals surface area contributed by atoms with Gasteiger partial charge in [-0.1, -0.05) is 64.4 Å². The molecule has 0 amide bonds. The highest BCUT2D eigenvalue weighted by atomic mass is 15.0. The lowest BCUT2D eigenvalue weighted by atomic mass is 9.85. The van der Waals surface area contributed by atoms with Crippen molar-refractivity contribution in [3.8, 4) is 0 Å². The second-order valence-electron chi connectivity index (χ2n) is 7.19. The van der Waals surface area contributed by atoms with E-state index in [1.807, 2.05) is 0 Å².